The first-order chi connectivity index (χ1) is 9.48. The Bertz CT molecular complexity index is 504. The van der Waals surface area contributed by atoms with Crippen LogP contribution in [0.4, 0.5) is 0 Å². The highest BCUT2D eigenvalue weighted by molar-refractivity contribution is 5.89. The standard InChI is InChI=1S/C15H22N2O3.ClH/c1-10(17-14(18)15(16)6-7-15)8-11-4-5-12(19-2)13(9-11)20-3;/h4-5,9-10H,6-8,16H2,1-3H3,(H,17,18);1H. The lowest BCUT2D eigenvalue weighted by Gasteiger charge is -2.17. The van der Waals surface area contributed by atoms with Crippen LogP contribution in [0.5, 0.6) is 11.5 Å². The topological polar surface area (TPSA) is 73.6 Å². The number of hydrogen-bond acceptors (Lipinski definition) is 4. The highest BCUT2D eigenvalue weighted by atomic mass is 35.5. The maximum Gasteiger partial charge on any atom is 0.240 e. The minimum absolute atomic E-state index is 0. The van der Waals surface area contributed by atoms with Gasteiger partial charge in [-0.25, -0.2) is 0 Å². The summed E-state index contributed by atoms with van der Waals surface area (Å²) >= 11 is 0. The number of methoxy groups -OCH3 is 2. The van der Waals surface area contributed by atoms with Gasteiger partial charge in [-0.2, -0.15) is 0 Å². The van der Waals surface area contributed by atoms with Crippen LogP contribution in [0, 0.1) is 0 Å². The largest absolute Gasteiger partial charge is 0.493 e. The van der Waals surface area contributed by atoms with E-state index in [1.807, 2.05) is 25.1 Å². The van der Waals surface area contributed by atoms with Crippen molar-refractivity contribution in [2.45, 2.75) is 37.8 Å². The molecule has 0 saturated heterocycles. The third-order valence-electron chi connectivity index (χ3n) is 3.61. The van der Waals surface area contributed by atoms with Gasteiger partial charge in [0.2, 0.25) is 5.91 Å². The van der Waals surface area contributed by atoms with Gasteiger partial charge in [0.1, 0.15) is 0 Å². The van der Waals surface area contributed by atoms with E-state index in [-0.39, 0.29) is 24.4 Å². The van der Waals surface area contributed by atoms with Gasteiger partial charge in [-0.15, -0.1) is 12.4 Å². The zero-order valence-corrected chi connectivity index (χ0v) is 13.5. The Morgan fingerprint density at radius 1 is 1.33 bits per heavy atom. The van der Waals surface area contributed by atoms with Gasteiger partial charge in [-0.3, -0.25) is 4.79 Å². The number of hydrogen-bond donors (Lipinski definition) is 2. The average molecular weight is 315 g/mol. The van der Waals surface area contributed by atoms with E-state index in [0.717, 1.165) is 24.8 Å². The zero-order valence-electron chi connectivity index (χ0n) is 12.6. The van der Waals surface area contributed by atoms with E-state index in [4.69, 9.17) is 15.2 Å². The summed E-state index contributed by atoms with van der Waals surface area (Å²) in [7, 11) is 3.22. The Kier molecular flexibility index (Phi) is 5.87. The molecule has 0 aliphatic heterocycles. The number of carbonyl (C=O) groups excluding carboxylic acids is 1. The average Bonchev–Trinajstić information content (AvgIpc) is 3.17. The summed E-state index contributed by atoms with van der Waals surface area (Å²) in [5.74, 6) is 1.35. The van der Waals surface area contributed by atoms with Crippen molar-refractivity contribution in [2.24, 2.45) is 5.73 Å². The van der Waals surface area contributed by atoms with Gasteiger partial charge >= 0.3 is 0 Å². The lowest BCUT2D eigenvalue weighted by atomic mass is 10.1. The van der Waals surface area contributed by atoms with Crippen molar-refractivity contribution in [3.8, 4) is 11.5 Å². The van der Waals surface area contributed by atoms with E-state index >= 15 is 0 Å². The molecule has 3 N–H and O–H groups in total. The Balaban J connectivity index is 0.00000220. The monoisotopic (exact) mass is 314 g/mol. The second-order valence-electron chi connectivity index (χ2n) is 5.42. The van der Waals surface area contributed by atoms with E-state index in [2.05, 4.69) is 5.32 Å². The highest BCUT2D eigenvalue weighted by Gasteiger charge is 2.46. The van der Waals surface area contributed by atoms with Crippen LogP contribution in [-0.2, 0) is 11.2 Å². The normalized spacial score (nSPS) is 16.4. The number of nitrogens with two attached hydrogens (primary N) is 1. The first-order valence-corrected chi connectivity index (χ1v) is 6.79. The molecular weight excluding hydrogens is 292 g/mol. The Labute approximate surface area is 131 Å². The molecular formula is C15H23ClN2O3. The summed E-state index contributed by atoms with van der Waals surface area (Å²) in [6.45, 7) is 1.97. The van der Waals surface area contributed by atoms with Crippen LogP contribution in [-0.4, -0.2) is 31.7 Å². The molecule has 21 heavy (non-hydrogen) atoms. The molecule has 1 amide bonds. The zero-order chi connectivity index (χ0) is 14.8. The number of nitrogens with one attached hydrogen (secondary N) is 1. The fourth-order valence-electron chi connectivity index (χ4n) is 2.14. The molecule has 5 nitrogen and oxygen atoms in total. The summed E-state index contributed by atoms with van der Waals surface area (Å²) in [6, 6.07) is 5.80. The first-order valence-electron chi connectivity index (χ1n) is 6.79. The van der Waals surface area contributed by atoms with Crippen molar-refractivity contribution in [3.63, 3.8) is 0 Å². The molecule has 0 bridgehead atoms. The third kappa shape index (κ3) is 4.25. The predicted octanol–water partition coefficient (Wildman–Crippen LogP) is 1.66. The van der Waals surface area contributed by atoms with Crippen molar-refractivity contribution in [3.05, 3.63) is 23.8 Å². The lowest BCUT2D eigenvalue weighted by molar-refractivity contribution is -0.123. The maximum atomic E-state index is 11.9. The molecule has 1 aliphatic carbocycles. The van der Waals surface area contributed by atoms with Crippen molar-refractivity contribution in [1.82, 2.24) is 5.32 Å². The number of benzene rings is 1. The second kappa shape index (κ2) is 7.00. The quantitative estimate of drug-likeness (QED) is 0.837. The van der Waals surface area contributed by atoms with Gasteiger partial charge in [0, 0.05) is 6.04 Å². The van der Waals surface area contributed by atoms with Crippen LogP contribution in [0.3, 0.4) is 0 Å². The van der Waals surface area contributed by atoms with E-state index in [1.165, 1.54) is 0 Å². The van der Waals surface area contributed by atoms with Crippen LogP contribution in [0.2, 0.25) is 0 Å². The minimum Gasteiger partial charge on any atom is -0.493 e. The van der Waals surface area contributed by atoms with E-state index in [9.17, 15) is 4.79 Å². The van der Waals surface area contributed by atoms with Crippen LogP contribution in [0.15, 0.2) is 18.2 Å². The molecule has 1 atom stereocenters. The Morgan fingerprint density at radius 3 is 2.48 bits per heavy atom. The van der Waals surface area contributed by atoms with Crippen molar-refractivity contribution < 1.29 is 14.3 Å². The van der Waals surface area contributed by atoms with Crippen molar-refractivity contribution in [1.29, 1.82) is 0 Å². The second-order valence-corrected chi connectivity index (χ2v) is 5.42. The van der Waals surface area contributed by atoms with E-state index in [1.54, 1.807) is 14.2 Å². The van der Waals surface area contributed by atoms with E-state index < -0.39 is 5.54 Å². The molecule has 0 aromatic heterocycles. The molecule has 1 unspecified atom stereocenters. The van der Waals surface area contributed by atoms with Gasteiger partial charge in [0.25, 0.3) is 0 Å². The van der Waals surface area contributed by atoms with Gasteiger partial charge in [-0.05, 0) is 43.9 Å². The summed E-state index contributed by atoms with van der Waals surface area (Å²) in [4.78, 5) is 11.9. The lowest BCUT2D eigenvalue weighted by Crippen LogP contribution is -2.46. The van der Waals surface area contributed by atoms with Crippen molar-refractivity contribution in [2.75, 3.05) is 14.2 Å². The van der Waals surface area contributed by atoms with Crippen LogP contribution in [0.25, 0.3) is 0 Å². The molecule has 0 heterocycles. The summed E-state index contributed by atoms with van der Waals surface area (Å²) < 4.78 is 10.5. The number of amides is 1. The fraction of sp³-hybridized carbons (Fsp3) is 0.533. The van der Waals surface area contributed by atoms with Gasteiger partial charge in [0.05, 0.1) is 19.8 Å². The van der Waals surface area contributed by atoms with Crippen LogP contribution < -0.4 is 20.5 Å². The van der Waals surface area contributed by atoms with Crippen molar-refractivity contribution >= 4 is 18.3 Å². The molecule has 1 aromatic rings. The maximum absolute atomic E-state index is 11.9. The molecule has 0 radical (unpaired) electrons. The number of halogens is 1. The molecule has 1 aromatic carbocycles. The summed E-state index contributed by atoms with van der Waals surface area (Å²) in [6.07, 6.45) is 2.28. The molecule has 1 saturated carbocycles. The van der Waals surface area contributed by atoms with Gasteiger partial charge in [-0.1, -0.05) is 6.07 Å². The minimum atomic E-state index is -0.619. The SMILES string of the molecule is COc1ccc(CC(C)NC(=O)C2(N)CC2)cc1OC.Cl. The molecule has 0 spiro atoms. The first kappa shape index (κ1) is 17.6. The predicted molar refractivity (Wildman–Crippen MR) is 84.3 cm³/mol. The summed E-state index contributed by atoms with van der Waals surface area (Å²) in [5.41, 5.74) is 6.33. The Morgan fingerprint density at radius 2 is 1.95 bits per heavy atom. The molecule has 2 rings (SSSR count). The molecule has 1 aliphatic rings. The smallest absolute Gasteiger partial charge is 0.240 e. The van der Waals surface area contributed by atoms with Crippen LogP contribution >= 0.6 is 12.4 Å². The number of ether oxygens (including phenoxy) is 2. The highest BCUT2D eigenvalue weighted by Crippen LogP contribution is 2.32. The Hall–Kier alpha value is -1.46. The summed E-state index contributed by atoms with van der Waals surface area (Å²) in [5, 5.41) is 2.96. The molecule has 118 valence electrons. The van der Waals surface area contributed by atoms with E-state index in [0.29, 0.717) is 11.5 Å². The van der Waals surface area contributed by atoms with Gasteiger partial charge < -0.3 is 20.5 Å². The number of rotatable bonds is 6. The van der Waals surface area contributed by atoms with Gasteiger partial charge in [0.15, 0.2) is 11.5 Å². The molecule has 6 heteroatoms. The molecule has 1 fully saturated rings. The van der Waals surface area contributed by atoms with Crippen LogP contribution in [0.1, 0.15) is 25.3 Å². The third-order valence-corrected chi connectivity index (χ3v) is 3.61. The fourth-order valence-corrected chi connectivity index (χ4v) is 2.14. The number of carbonyl (C=O) groups is 1.